The fourth-order valence-corrected chi connectivity index (χ4v) is 2.86. The molecular weight excluding hydrogens is 256 g/mol. The maximum atomic E-state index is 5.71. The Morgan fingerprint density at radius 1 is 1.42 bits per heavy atom. The van der Waals surface area contributed by atoms with Gasteiger partial charge in [0.05, 0.1) is 5.54 Å². The predicted octanol–water partition coefficient (Wildman–Crippen LogP) is 3.34. The molecule has 1 saturated heterocycles. The van der Waals surface area contributed by atoms with Gasteiger partial charge in [0.25, 0.3) is 0 Å². The lowest BCUT2D eigenvalue weighted by atomic mass is 9.86. The van der Waals surface area contributed by atoms with E-state index in [0.717, 1.165) is 26.1 Å². The molecule has 1 N–H and O–H groups in total. The zero-order valence-electron chi connectivity index (χ0n) is 11.8. The Hall–Kier alpha value is -0.830. The Bertz CT molecular complexity index is 418. The second-order valence-electron chi connectivity index (χ2n) is 5.39. The largest absolute Gasteiger partial charge is 0.311 e. The van der Waals surface area contributed by atoms with Gasteiger partial charge in [-0.25, -0.2) is 0 Å². The third-order valence-corrected chi connectivity index (χ3v) is 4.36. The van der Waals surface area contributed by atoms with Crippen LogP contribution in [0.5, 0.6) is 0 Å². The van der Waals surface area contributed by atoms with Gasteiger partial charge < -0.3 is 5.32 Å². The molecule has 0 aromatic heterocycles. The van der Waals surface area contributed by atoms with Gasteiger partial charge in [-0.05, 0) is 18.9 Å². The van der Waals surface area contributed by atoms with Gasteiger partial charge in [-0.1, -0.05) is 54.9 Å². The second kappa shape index (κ2) is 6.56. The van der Waals surface area contributed by atoms with Crippen LogP contribution in [0.15, 0.2) is 41.9 Å². The van der Waals surface area contributed by atoms with Crippen LogP contribution >= 0.6 is 11.6 Å². The summed E-state index contributed by atoms with van der Waals surface area (Å²) in [6, 6.07) is 11.3. The molecule has 2 nitrogen and oxygen atoms in total. The van der Waals surface area contributed by atoms with E-state index in [1.165, 1.54) is 5.56 Å². The van der Waals surface area contributed by atoms with E-state index in [2.05, 4.69) is 54.4 Å². The SMILES string of the molecule is CCC1CN(C/C=C/Cl)C(C)(c2ccccc2)CN1. The number of halogens is 1. The summed E-state index contributed by atoms with van der Waals surface area (Å²) in [4.78, 5) is 2.52. The first-order valence-corrected chi connectivity index (χ1v) is 7.43. The Morgan fingerprint density at radius 2 is 2.16 bits per heavy atom. The van der Waals surface area contributed by atoms with Crippen LogP contribution in [0.25, 0.3) is 0 Å². The van der Waals surface area contributed by atoms with Crippen molar-refractivity contribution in [2.75, 3.05) is 19.6 Å². The van der Waals surface area contributed by atoms with Crippen LogP contribution in [-0.4, -0.2) is 30.6 Å². The lowest BCUT2D eigenvalue weighted by Crippen LogP contribution is -2.61. The minimum absolute atomic E-state index is 0.0311. The molecule has 0 amide bonds. The zero-order valence-corrected chi connectivity index (χ0v) is 12.5. The standard InChI is InChI=1S/C16H23ClN2/c1-3-15-12-19(11-7-10-17)16(2,13-18-15)14-8-5-4-6-9-14/h4-10,15,18H,3,11-13H2,1-2H3/b10-7+. The molecule has 1 aliphatic rings. The average molecular weight is 279 g/mol. The van der Waals surface area contributed by atoms with Crippen molar-refractivity contribution in [1.29, 1.82) is 0 Å². The molecule has 0 spiro atoms. The van der Waals surface area contributed by atoms with Crippen molar-refractivity contribution in [3.8, 4) is 0 Å². The maximum absolute atomic E-state index is 5.71. The number of rotatable bonds is 4. The summed E-state index contributed by atoms with van der Waals surface area (Å²) < 4.78 is 0. The van der Waals surface area contributed by atoms with Gasteiger partial charge in [-0.2, -0.15) is 0 Å². The van der Waals surface area contributed by atoms with E-state index in [9.17, 15) is 0 Å². The summed E-state index contributed by atoms with van der Waals surface area (Å²) in [6.45, 7) is 7.48. The molecule has 1 aromatic carbocycles. The number of hydrogen-bond donors (Lipinski definition) is 1. The molecule has 0 radical (unpaired) electrons. The maximum Gasteiger partial charge on any atom is 0.0561 e. The number of hydrogen-bond acceptors (Lipinski definition) is 2. The fraction of sp³-hybridized carbons (Fsp3) is 0.500. The molecule has 0 saturated carbocycles. The number of benzene rings is 1. The highest BCUT2D eigenvalue weighted by atomic mass is 35.5. The lowest BCUT2D eigenvalue weighted by Gasteiger charge is -2.48. The van der Waals surface area contributed by atoms with Crippen molar-refractivity contribution < 1.29 is 0 Å². The smallest absolute Gasteiger partial charge is 0.0561 e. The number of nitrogens with zero attached hydrogens (tertiary/aromatic N) is 1. The quantitative estimate of drug-likeness (QED) is 0.909. The minimum atomic E-state index is 0.0311. The first-order chi connectivity index (χ1) is 9.20. The Balaban J connectivity index is 2.25. The molecule has 104 valence electrons. The summed E-state index contributed by atoms with van der Waals surface area (Å²) in [7, 11) is 0. The zero-order chi connectivity index (χ0) is 13.7. The van der Waals surface area contributed by atoms with Gasteiger partial charge in [-0.3, -0.25) is 4.90 Å². The number of nitrogens with one attached hydrogen (secondary N) is 1. The first kappa shape index (κ1) is 14.6. The van der Waals surface area contributed by atoms with Crippen LogP contribution in [-0.2, 0) is 5.54 Å². The summed E-state index contributed by atoms with van der Waals surface area (Å²) >= 11 is 5.71. The van der Waals surface area contributed by atoms with Crippen molar-refractivity contribution in [1.82, 2.24) is 10.2 Å². The van der Waals surface area contributed by atoms with Crippen LogP contribution in [0.1, 0.15) is 25.8 Å². The van der Waals surface area contributed by atoms with Crippen LogP contribution in [0.3, 0.4) is 0 Å². The molecule has 0 bridgehead atoms. The first-order valence-electron chi connectivity index (χ1n) is 7.00. The van der Waals surface area contributed by atoms with Gasteiger partial charge in [-0.15, -0.1) is 0 Å². The van der Waals surface area contributed by atoms with Crippen LogP contribution in [0.4, 0.5) is 0 Å². The molecule has 3 heteroatoms. The average Bonchev–Trinajstić information content (AvgIpc) is 2.47. The third kappa shape index (κ3) is 3.19. The fourth-order valence-electron chi connectivity index (χ4n) is 2.79. The van der Waals surface area contributed by atoms with Gasteiger partial charge in [0, 0.05) is 31.2 Å². The van der Waals surface area contributed by atoms with Crippen molar-refractivity contribution in [3.63, 3.8) is 0 Å². The van der Waals surface area contributed by atoms with E-state index in [4.69, 9.17) is 11.6 Å². The minimum Gasteiger partial charge on any atom is -0.311 e. The predicted molar refractivity (Wildman–Crippen MR) is 82.4 cm³/mol. The summed E-state index contributed by atoms with van der Waals surface area (Å²) in [5, 5.41) is 3.67. The van der Waals surface area contributed by atoms with Crippen LogP contribution in [0, 0.1) is 0 Å². The van der Waals surface area contributed by atoms with Gasteiger partial charge in [0.15, 0.2) is 0 Å². The van der Waals surface area contributed by atoms with E-state index in [-0.39, 0.29) is 5.54 Å². The highest BCUT2D eigenvalue weighted by molar-refractivity contribution is 6.25. The molecule has 1 heterocycles. The topological polar surface area (TPSA) is 15.3 Å². The summed E-state index contributed by atoms with van der Waals surface area (Å²) in [5.41, 5.74) is 3.01. The molecular formula is C16H23ClN2. The van der Waals surface area contributed by atoms with E-state index < -0.39 is 0 Å². The third-order valence-electron chi connectivity index (χ3n) is 4.18. The second-order valence-corrected chi connectivity index (χ2v) is 5.64. The Morgan fingerprint density at radius 3 is 2.79 bits per heavy atom. The van der Waals surface area contributed by atoms with E-state index in [1.807, 2.05) is 6.08 Å². The Labute approximate surface area is 121 Å². The molecule has 19 heavy (non-hydrogen) atoms. The summed E-state index contributed by atoms with van der Waals surface area (Å²) in [5.74, 6) is 0. The highest BCUT2D eigenvalue weighted by Gasteiger charge is 2.37. The molecule has 1 aromatic rings. The summed E-state index contributed by atoms with van der Waals surface area (Å²) in [6.07, 6.45) is 3.19. The molecule has 2 atom stereocenters. The van der Waals surface area contributed by atoms with Gasteiger partial charge >= 0.3 is 0 Å². The molecule has 1 fully saturated rings. The molecule has 2 unspecified atom stereocenters. The van der Waals surface area contributed by atoms with E-state index >= 15 is 0 Å². The van der Waals surface area contributed by atoms with Crippen molar-refractivity contribution >= 4 is 11.6 Å². The van der Waals surface area contributed by atoms with Crippen molar-refractivity contribution in [2.24, 2.45) is 0 Å². The van der Waals surface area contributed by atoms with Crippen molar-refractivity contribution in [2.45, 2.75) is 31.8 Å². The monoisotopic (exact) mass is 278 g/mol. The highest BCUT2D eigenvalue weighted by Crippen LogP contribution is 2.30. The molecule has 2 rings (SSSR count). The van der Waals surface area contributed by atoms with E-state index in [1.54, 1.807) is 5.54 Å². The van der Waals surface area contributed by atoms with Crippen LogP contribution in [0.2, 0.25) is 0 Å². The van der Waals surface area contributed by atoms with Crippen LogP contribution < -0.4 is 5.32 Å². The number of piperazine rings is 1. The van der Waals surface area contributed by atoms with Gasteiger partial charge in [0.1, 0.15) is 0 Å². The lowest BCUT2D eigenvalue weighted by molar-refractivity contribution is 0.0606. The van der Waals surface area contributed by atoms with Crippen molar-refractivity contribution in [3.05, 3.63) is 47.5 Å². The molecule has 0 aliphatic carbocycles. The Kier molecular flexibility index (Phi) is 5.03. The van der Waals surface area contributed by atoms with Gasteiger partial charge in [0.2, 0.25) is 0 Å². The normalized spacial score (nSPS) is 28.9. The molecule has 1 aliphatic heterocycles. The van der Waals surface area contributed by atoms with E-state index in [0.29, 0.717) is 6.04 Å².